The summed E-state index contributed by atoms with van der Waals surface area (Å²) in [5.41, 5.74) is 0. The Bertz CT molecular complexity index is 494. The van der Waals surface area contributed by atoms with Gasteiger partial charge in [-0.25, -0.2) is 0 Å². The maximum absolute atomic E-state index is 11.0. The zero-order chi connectivity index (χ0) is 21.0. The third-order valence-electron chi connectivity index (χ3n) is 3.26. The molecule has 0 heterocycles. The van der Waals surface area contributed by atoms with Crippen LogP contribution in [0.15, 0.2) is 0 Å². The summed E-state index contributed by atoms with van der Waals surface area (Å²) in [5.74, 6) is -6.16. The van der Waals surface area contributed by atoms with Crippen molar-refractivity contribution in [1.29, 1.82) is 0 Å². The van der Waals surface area contributed by atoms with Crippen LogP contribution in [-0.4, -0.2) is 159 Å². The van der Waals surface area contributed by atoms with Crippen molar-refractivity contribution in [3.63, 3.8) is 0 Å². The van der Waals surface area contributed by atoms with E-state index >= 15 is 0 Å². The van der Waals surface area contributed by atoms with Gasteiger partial charge in [0.15, 0.2) is 0 Å². The summed E-state index contributed by atoms with van der Waals surface area (Å²) < 4.78 is 0. The van der Waals surface area contributed by atoms with Crippen LogP contribution >= 0.6 is 0 Å². The Morgan fingerprint density at radius 2 is 0.621 bits per heavy atom. The monoisotopic (exact) mass is 473 g/mol. The molecular weight excluding hydrogens is 449 g/mol. The Balaban J connectivity index is -0.00000338. The van der Waals surface area contributed by atoms with E-state index in [9.17, 15) is 24.0 Å². The number of nitrogens with zero attached hydrogens (tertiary/aromatic N) is 3. The minimum atomic E-state index is -1.24. The van der Waals surface area contributed by atoms with Crippen LogP contribution < -0.4 is 0 Å². The van der Waals surface area contributed by atoms with Gasteiger partial charge in [-0.3, -0.25) is 38.7 Å². The van der Waals surface area contributed by atoms with Gasteiger partial charge in [-0.05, 0) is 0 Å². The summed E-state index contributed by atoms with van der Waals surface area (Å²) in [6, 6.07) is 0. The summed E-state index contributed by atoms with van der Waals surface area (Å²) in [4.78, 5) is 57.6. The first-order valence-corrected chi connectivity index (χ1v) is 7.75. The molecule has 0 amide bonds. The van der Waals surface area contributed by atoms with E-state index in [0.29, 0.717) is 0 Å². The van der Waals surface area contributed by atoms with Crippen molar-refractivity contribution < 1.29 is 66.6 Å². The molecule has 0 aliphatic heterocycles. The molecule has 5 N–H and O–H groups in total. The number of carboxylic acids is 5. The van der Waals surface area contributed by atoms with Crippen molar-refractivity contribution in [1.82, 2.24) is 14.7 Å². The van der Waals surface area contributed by atoms with E-state index in [1.54, 1.807) is 0 Å². The number of hydrogen-bond acceptors (Lipinski definition) is 8. The molecule has 13 nitrogen and oxygen atoms in total. The van der Waals surface area contributed by atoms with Crippen LogP contribution in [0.5, 0.6) is 0 Å². The molecule has 15 heteroatoms. The van der Waals surface area contributed by atoms with E-state index < -0.39 is 62.6 Å². The predicted octanol–water partition coefficient (Wildman–Crippen LogP) is -3.34. The summed E-state index contributed by atoms with van der Waals surface area (Å²) in [6.45, 7) is -2.74. The summed E-state index contributed by atoms with van der Waals surface area (Å²) in [7, 11) is 0. The maximum atomic E-state index is 11.0. The number of carbonyl (C=O) groups is 5. The van der Waals surface area contributed by atoms with E-state index in [0.717, 1.165) is 9.80 Å². The zero-order valence-corrected chi connectivity index (χ0v) is 15.9. The van der Waals surface area contributed by atoms with E-state index in [4.69, 9.17) is 25.5 Å². The van der Waals surface area contributed by atoms with E-state index in [-0.39, 0.29) is 72.8 Å². The van der Waals surface area contributed by atoms with Crippen LogP contribution in [-0.2, 0) is 41.0 Å². The summed E-state index contributed by atoms with van der Waals surface area (Å²) >= 11 is 0. The van der Waals surface area contributed by atoms with Crippen molar-refractivity contribution in [2.45, 2.75) is 0 Å². The Kier molecular flexibility index (Phi) is 19.7. The van der Waals surface area contributed by atoms with Crippen molar-refractivity contribution in [2.75, 3.05) is 58.9 Å². The van der Waals surface area contributed by atoms with Gasteiger partial charge >= 0.3 is 59.4 Å². The van der Waals surface area contributed by atoms with Crippen molar-refractivity contribution >= 4 is 59.4 Å². The van der Waals surface area contributed by atoms with Crippen LogP contribution in [0.3, 0.4) is 0 Å². The number of carboxylic acid groups (broad SMARTS) is 5. The second-order valence-electron chi connectivity index (χ2n) is 5.67. The average Bonchev–Trinajstić information content (AvgIpc) is 2.46. The molecule has 0 aromatic heterocycles. The summed E-state index contributed by atoms with van der Waals surface area (Å²) in [5, 5.41) is 44.1. The third kappa shape index (κ3) is 19.8. The SMILES string of the molecule is O=C(O)CN(CCN(CC(=O)O)CC(=O)O)CCN(CC(=O)O)CC(=O)O.[Fe].[NaH]. The van der Waals surface area contributed by atoms with Gasteiger partial charge in [0.1, 0.15) is 0 Å². The molecule has 164 valence electrons. The van der Waals surface area contributed by atoms with E-state index in [1.165, 1.54) is 4.90 Å². The molecule has 0 spiro atoms. The van der Waals surface area contributed by atoms with Crippen LogP contribution in [0.2, 0.25) is 0 Å². The Morgan fingerprint density at radius 3 is 0.828 bits per heavy atom. The van der Waals surface area contributed by atoms with Crippen molar-refractivity contribution in [3.8, 4) is 0 Å². The van der Waals surface area contributed by atoms with Gasteiger partial charge in [0.05, 0.1) is 32.7 Å². The average molecular weight is 473 g/mol. The van der Waals surface area contributed by atoms with Gasteiger partial charge in [0.25, 0.3) is 0 Å². The number of rotatable bonds is 16. The quantitative estimate of drug-likeness (QED) is 0.140. The predicted molar refractivity (Wildman–Crippen MR) is 94.6 cm³/mol. The third-order valence-corrected chi connectivity index (χ3v) is 3.26. The molecule has 0 rings (SSSR count). The topological polar surface area (TPSA) is 196 Å². The van der Waals surface area contributed by atoms with E-state index in [2.05, 4.69) is 0 Å². The molecular formula is C14H24FeN3NaO10. The zero-order valence-electron chi connectivity index (χ0n) is 14.8. The number of aliphatic carboxylic acids is 5. The van der Waals surface area contributed by atoms with Gasteiger partial charge in [0, 0.05) is 43.2 Å². The molecule has 0 atom stereocenters. The molecule has 0 aliphatic rings. The van der Waals surface area contributed by atoms with Gasteiger partial charge in [-0.15, -0.1) is 0 Å². The van der Waals surface area contributed by atoms with Crippen LogP contribution in [0.1, 0.15) is 0 Å². The standard InChI is InChI=1S/C14H23N3O10.Fe.Na.H/c18-10(19)5-15(1-3-16(6-11(20)21)7-12(22)23)2-4-17(8-13(24)25)9-14(26)27;;;/h1-9H2,(H,18,19)(H,20,21)(H,22,23)(H,24,25)(H,26,27);;;. The first-order chi connectivity index (χ1) is 12.5. The normalized spacial score (nSPS) is 10.3. The molecule has 0 fully saturated rings. The van der Waals surface area contributed by atoms with Crippen molar-refractivity contribution in [3.05, 3.63) is 0 Å². The van der Waals surface area contributed by atoms with Crippen LogP contribution in [0.25, 0.3) is 0 Å². The molecule has 0 aliphatic carbocycles. The van der Waals surface area contributed by atoms with Crippen LogP contribution in [0, 0.1) is 0 Å². The van der Waals surface area contributed by atoms with Crippen molar-refractivity contribution in [2.24, 2.45) is 0 Å². The minimum absolute atomic E-state index is 0. The van der Waals surface area contributed by atoms with E-state index in [1.807, 2.05) is 0 Å². The number of hydrogen-bond donors (Lipinski definition) is 5. The summed E-state index contributed by atoms with van der Waals surface area (Å²) in [6.07, 6.45) is 0. The molecule has 0 aromatic carbocycles. The molecule has 0 bridgehead atoms. The Labute approximate surface area is 199 Å². The molecule has 0 aromatic rings. The molecule has 0 saturated carbocycles. The fourth-order valence-corrected chi connectivity index (χ4v) is 2.22. The molecule has 29 heavy (non-hydrogen) atoms. The molecule has 0 unspecified atom stereocenters. The Morgan fingerprint density at radius 1 is 0.448 bits per heavy atom. The van der Waals surface area contributed by atoms with Gasteiger partial charge in [-0.2, -0.15) is 0 Å². The van der Waals surface area contributed by atoms with Gasteiger partial charge in [-0.1, -0.05) is 0 Å². The fourth-order valence-electron chi connectivity index (χ4n) is 2.22. The van der Waals surface area contributed by atoms with Crippen LogP contribution in [0.4, 0.5) is 0 Å². The first-order valence-electron chi connectivity index (χ1n) is 7.75. The molecule has 0 radical (unpaired) electrons. The fraction of sp³-hybridized carbons (Fsp3) is 0.643. The van der Waals surface area contributed by atoms with Gasteiger partial charge < -0.3 is 25.5 Å². The second kappa shape index (κ2) is 17.6. The van der Waals surface area contributed by atoms with Gasteiger partial charge in [0.2, 0.25) is 0 Å². The second-order valence-corrected chi connectivity index (χ2v) is 5.67. The first kappa shape index (κ1) is 32.4. The Hall–Kier alpha value is -1.25. The molecule has 0 saturated heterocycles.